The summed E-state index contributed by atoms with van der Waals surface area (Å²) in [4.78, 5) is 40.2. The summed E-state index contributed by atoms with van der Waals surface area (Å²) < 4.78 is 5.23. The van der Waals surface area contributed by atoms with Crippen LogP contribution in [0.1, 0.15) is 43.7 Å². The molecule has 1 unspecified atom stereocenters. The van der Waals surface area contributed by atoms with Crippen molar-refractivity contribution < 1.29 is 19.1 Å². The summed E-state index contributed by atoms with van der Waals surface area (Å²) in [6.45, 7) is 0.408. The number of urea groups is 1. The van der Waals surface area contributed by atoms with E-state index in [1.54, 1.807) is 11.8 Å². The molecule has 1 aromatic carbocycles. The first-order chi connectivity index (χ1) is 15.1. The van der Waals surface area contributed by atoms with Crippen LogP contribution in [-0.4, -0.2) is 48.8 Å². The molecule has 0 saturated carbocycles. The van der Waals surface area contributed by atoms with Gasteiger partial charge >= 0.3 is 12.0 Å². The molecule has 0 saturated heterocycles. The number of allylic oxidation sites excluding steroid dienone is 1. The number of carbonyl (C=O) groups excluding carboxylic acids is 3. The van der Waals surface area contributed by atoms with Crippen LogP contribution in [0.3, 0.4) is 0 Å². The lowest BCUT2D eigenvalue weighted by Gasteiger charge is -2.32. The molecule has 8 heteroatoms. The van der Waals surface area contributed by atoms with Gasteiger partial charge in [0.15, 0.2) is 0 Å². The molecule has 3 aliphatic rings. The third-order valence-electron chi connectivity index (χ3n) is 5.90. The molecular formula is C23H27N3O4S. The molecular weight excluding hydrogens is 414 g/mol. The Labute approximate surface area is 186 Å². The predicted octanol–water partition coefficient (Wildman–Crippen LogP) is 3.29. The second-order valence-corrected chi connectivity index (χ2v) is 8.77. The summed E-state index contributed by atoms with van der Waals surface area (Å²) in [6, 6.07) is 6.72. The average molecular weight is 442 g/mol. The van der Waals surface area contributed by atoms with Crippen LogP contribution in [0.25, 0.3) is 0 Å². The van der Waals surface area contributed by atoms with Crippen LogP contribution < -0.4 is 10.6 Å². The molecule has 3 amide bonds. The molecule has 2 N–H and O–H groups in total. The van der Waals surface area contributed by atoms with Gasteiger partial charge in [-0.05, 0) is 56.1 Å². The summed E-state index contributed by atoms with van der Waals surface area (Å²) in [7, 11) is 0. The summed E-state index contributed by atoms with van der Waals surface area (Å²) in [6.07, 6.45) is 9.74. The van der Waals surface area contributed by atoms with E-state index >= 15 is 0 Å². The van der Waals surface area contributed by atoms with Crippen molar-refractivity contribution in [3.63, 3.8) is 0 Å². The van der Waals surface area contributed by atoms with Crippen molar-refractivity contribution in [3.05, 3.63) is 52.7 Å². The van der Waals surface area contributed by atoms with Gasteiger partial charge in [-0.1, -0.05) is 23.8 Å². The number of nitrogens with zero attached hydrogens (tertiary/aromatic N) is 1. The van der Waals surface area contributed by atoms with Crippen molar-refractivity contribution in [3.8, 4) is 0 Å². The fraction of sp³-hybridized carbons (Fsp3) is 0.435. The molecule has 1 atom stereocenters. The number of carbonyl (C=O) groups is 3. The van der Waals surface area contributed by atoms with Gasteiger partial charge in [0.2, 0.25) is 5.91 Å². The van der Waals surface area contributed by atoms with Crippen molar-refractivity contribution in [2.75, 3.05) is 26.0 Å². The van der Waals surface area contributed by atoms with Crippen molar-refractivity contribution in [1.82, 2.24) is 15.5 Å². The Kier molecular flexibility index (Phi) is 6.65. The zero-order chi connectivity index (χ0) is 21.8. The largest absolute Gasteiger partial charge is 0.456 e. The molecule has 1 aliphatic carbocycles. The maximum Gasteiger partial charge on any atom is 0.338 e. The Hall–Kier alpha value is -2.74. The Morgan fingerprint density at radius 1 is 1.26 bits per heavy atom. The maximum absolute atomic E-state index is 12.8. The van der Waals surface area contributed by atoms with Crippen LogP contribution in [0.4, 0.5) is 4.79 Å². The highest BCUT2D eigenvalue weighted by atomic mass is 32.2. The summed E-state index contributed by atoms with van der Waals surface area (Å²) >= 11 is 1.62. The van der Waals surface area contributed by atoms with Crippen LogP contribution in [0.2, 0.25) is 0 Å². The zero-order valence-electron chi connectivity index (χ0n) is 17.6. The number of esters is 1. The van der Waals surface area contributed by atoms with E-state index in [2.05, 4.69) is 16.7 Å². The van der Waals surface area contributed by atoms with Crippen molar-refractivity contribution in [2.24, 2.45) is 0 Å². The van der Waals surface area contributed by atoms with Crippen LogP contribution >= 0.6 is 11.8 Å². The predicted molar refractivity (Wildman–Crippen MR) is 118 cm³/mol. The number of thioether (sulfide) groups is 1. The van der Waals surface area contributed by atoms with Gasteiger partial charge in [0.05, 0.1) is 17.3 Å². The minimum atomic E-state index is -0.578. The second kappa shape index (κ2) is 9.60. The van der Waals surface area contributed by atoms with E-state index < -0.39 is 18.0 Å². The number of amides is 3. The normalized spacial score (nSPS) is 20.7. The van der Waals surface area contributed by atoms with Gasteiger partial charge < -0.3 is 15.4 Å². The van der Waals surface area contributed by atoms with Gasteiger partial charge in [-0.3, -0.25) is 9.69 Å². The Morgan fingerprint density at radius 2 is 2.06 bits per heavy atom. The highest BCUT2D eigenvalue weighted by Gasteiger charge is 2.42. The number of hydrogen-bond acceptors (Lipinski definition) is 5. The summed E-state index contributed by atoms with van der Waals surface area (Å²) in [5.41, 5.74) is 3.06. The molecule has 0 fully saturated rings. The van der Waals surface area contributed by atoms with Crippen LogP contribution in [0.15, 0.2) is 52.1 Å². The number of cyclic esters (lactones) is 1. The molecule has 0 radical (unpaired) electrons. The molecule has 164 valence electrons. The number of hydrogen-bond donors (Lipinski definition) is 2. The molecule has 2 heterocycles. The first-order valence-electron chi connectivity index (χ1n) is 10.6. The van der Waals surface area contributed by atoms with Crippen molar-refractivity contribution in [2.45, 2.75) is 43.0 Å². The fourth-order valence-electron chi connectivity index (χ4n) is 4.22. The summed E-state index contributed by atoms with van der Waals surface area (Å²) in [5, 5.41) is 5.76. The highest BCUT2D eigenvalue weighted by molar-refractivity contribution is 7.98. The topological polar surface area (TPSA) is 87.7 Å². The molecule has 0 spiro atoms. The third-order valence-corrected chi connectivity index (χ3v) is 6.65. The summed E-state index contributed by atoms with van der Waals surface area (Å²) in [5.74, 6) is -0.705. The molecule has 7 nitrogen and oxygen atoms in total. The Morgan fingerprint density at radius 3 is 2.77 bits per heavy atom. The minimum absolute atomic E-state index is 0.00114. The molecule has 0 aromatic heterocycles. The molecule has 1 aromatic rings. The molecule has 2 aliphatic heterocycles. The highest BCUT2D eigenvalue weighted by Crippen LogP contribution is 2.35. The number of nitrogens with one attached hydrogen (secondary N) is 2. The van der Waals surface area contributed by atoms with Gasteiger partial charge in [0.1, 0.15) is 13.2 Å². The number of rotatable bonds is 7. The minimum Gasteiger partial charge on any atom is -0.456 e. The van der Waals surface area contributed by atoms with E-state index in [4.69, 9.17) is 4.74 Å². The van der Waals surface area contributed by atoms with E-state index in [1.165, 1.54) is 23.3 Å². The van der Waals surface area contributed by atoms with Crippen LogP contribution in [0, 0.1) is 0 Å². The fourth-order valence-corrected chi connectivity index (χ4v) is 4.63. The van der Waals surface area contributed by atoms with Gasteiger partial charge in [0.25, 0.3) is 0 Å². The van der Waals surface area contributed by atoms with Crippen molar-refractivity contribution >= 4 is 29.7 Å². The molecule has 4 rings (SSSR count). The lowest BCUT2D eigenvalue weighted by molar-refractivity contribution is -0.136. The third kappa shape index (κ3) is 4.79. The first kappa shape index (κ1) is 21.5. The first-order valence-corrected chi connectivity index (χ1v) is 11.9. The second-order valence-electron chi connectivity index (χ2n) is 7.89. The average Bonchev–Trinajstić information content (AvgIpc) is 3.18. The lowest BCUT2D eigenvalue weighted by atomic mass is 9.96. The number of benzene rings is 1. The smallest absolute Gasteiger partial charge is 0.338 e. The van der Waals surface area contributed by atoms with Gasteiger partial charge in [0, 0.05) is 11.4 Å². The quantitative estimate of drug-likeness (QED) is 0.385. The monoisotopic (exact) mass is 441 g/mol. The van der Waals surface area contributed by atoms with E-state index in [0.29, 0.717) is 17.8 Å². The van der Waals surface area contributed by atoms with Crippen LogP contribution in [0.5, 0.6) is 0 Å². The van der Waals surface area contributed by atoms with E-state index in [0.717, 1.165) is 29.7 Å². The van der Waals surface area contributed by atoms with Crippen LogP contribution in [-0.2, 0) is 14.3 Å². The van der Waals surface area contributed by atoms with E-state index in [1.807, 2.05) is 30.5 Å². The lowest BCUT2D eigenvalue weighted by Crippen LogP contribution is -2.50. The van der Waals surface area contributed by atoms with E-state index in [-0.39, 0.29) is 19.1 Å². The number of ether oxygens (including phenoxy) is 1. The Balaban J connectivity index is 1.44. The maximum atomic E-state index is 12.8. The van der Waals surface area contributed by atoms with E-state index in [9.17, 15) is 14.4 Å². The standard InChI is InChI=1S/C23H27N3O4S/c1-31-17-9-7-16(8-10-17)21-20-18(14-30-22(20)28)26(23(29)25-21)13-19(27)24-12-11-15-5-3-2-4-6-15/h5,7-10,21H,2-4,6,11-14H2,1H3,(H,24,27)(H,25,29). The van der Waals surface area contributed by atoms with Gasteiger partial charge in [-0.25, -0.2) is 9.59 Å². The SMILES string of the molecule is CSc1ccc(C2NC(=O)N(CC(=O)NCCC3=CCCCC3)C3=C2C(=O)OC3)cc1. The van der Waals surface area contributed by atoms with Gasteiger partial charge in [-0.2, -0.15) is 0 Å². The van der Waals surface area contributed by atoms with Crippen molar-refractivity contribution in [1.29, 1.82) is 0 Å². The molecule has 31 heavy (non-hydrogen) atoms. The molecule has 0 bridgehead atoms. The Bertz CT molecular complexity index is 939. The zero-order valence-corrected chi connectivity index (χ0v) is 18.4. The van der Waals surface area contributed by atoms with Gasteiger partial charge in [-0.15, -0.1) is 11.8 Å².